The molecule has 0 fully saturated rings. The van der Waals surface area contributed by atoms with E-state index in [-0.39, 0.29) is 17.2 Å². The van der Waals surface area contributed by atoms with Gasteiger partial charge < -0.3 is 15.0 Å². The molecule has 0 spiro atoms. The number of ether oxygens (including phenoxy) is 1. The van der Waals surface area contributed by atoms with E-state index in [1.807, 2.05) is 0 Å². The topological polar surface area (TPSA) is 112 Å². The Morgan fingerprint density at radius 3 is 2.81 bits per heavy atom. The lowest BCUT2D eigenvalue weighted by molar-refractivity contribution is 0.331. The molecular formula is C12H17N5O3S. The van der Waals surface area contributed by atoms with Gasteiger partial charge in [-0.1, -0.05) is 0 Å². The number of hydrogen-bond donors (Lipinski definition) is 2. The number of nitrogens with zero attached hydrogens (tertiary/aromatic N) is 3. The molecule has 0 amide bonds. The molecule has 0 aliphatic heterocycles. The van der Waals surface area contributed by atoms with Gasteiger partial charge in [-0.05, 0) is 25.1 Å². The summed E-state index contributed by atoms with van der Waals surface area (Å²) in [6.07, 6.45) is 1.50. The number of nitrogens with one attached hydrogen (secondary N) is 1. The van der Waals surface area contributed by atoms with Crippen LogP contribution >= 0.6 is 0 Å². The maximum absolute atomic E-state index is 12.4. The van der Waals surface area contributed by atoms with E-state index < -0.39 is 10.0 Å². The van der Waals surface area contributed by atoms with Crippen molar-refractivity contribution < 1.29 is 13.2 Å². The molecule has 1 aromatic heterocycles. The summed E-state index contributed by atoms with van der Waals surface area (Å²) in [4.78, 5) is 0.00604. The molecule has 0 radical (unpaired) electrons. The van der Waals surface area contributed by atoms with Gasteiger partial charge in [-0.3, -0.25) is 0 Å². The van der Waals surface area contributed by atoms with Gasteiger partial charge in [0.25, 0.3) is 0 Å². The van der Waals surface area contributed by atoms with Crippen molar-refractivity contribution in [1.82, 2.24) is 19.5 Å². The van der Waals surface area contributed by atoms with Gasteiger partial charge in [0.05, 0.1) is 13.2 Å². The summed E-state index contributed by atoms with van der Waals surface area (Å²) in [6, 6.07) is 4.49. The van der Waals surface area contributed by atoms with Gasteiger partial charge in [0.15, 0.2) is 0 Å². The molecule has 3 N–H and O–H groups in total. The second-order valence-corrected chi connectivity index (χ2v) is 6.06. The zero-order valence-electron chi connectivity index (χ0n) is 11.8. The second-order valence-electron chi connectivity index (χ2n) is 4.32. The summed E-state index contributed by atoms with van der Waals surface area (Å²) in [5.74, 6) is 0.762. The van der Waals surface area contributed by atoms with Crippen LogP contribution in [0.5, 0.6) is 5.75 Å². The predicted molar refractivity (Wildman–Crippen MR) is 77.1 cm³/mol. The largest absolute Gasteiger partial charge is 0.492 e. The number of nitrogen functional groups attached to an aromatic ring is 1. The lowest BCUT2D eigenvalue weighted by Crippen LogP contribution is -2.25. The molecule has 0 atom stereocenters. The molecule has 21 heavy (non-hydrogen) atoms. The van der Waals surface area contributed by atoms with Crippen molar-refractivity contribution in [2.45, 2.75) is 18.4 Å². The highest BCUT2D eigenvalue weighted by molar-refractivity contribution is 7.89. The summed E-state index contributed by atoms with van der Waals surface area (Å²) in [5.41, 5.74) is 6.01. The normalized spacial score (nSPS) is 11.5. The van der Waals surface area contributed by atoms with Crippen molar-refractivity contribution in [3.8, 4) is 5.75 Å². The van der Waals surface area contributed by atoms with Gasteiger partial charge in [-0.15, -0.1) is 10.2 Å². The van der Waals surface area contributed by atoms with Crippen molar-refractivity contribution in [3.05, 3.63) is 30.4 Å². The molecule has 114 valence electrons. The molecule has 0 bridgehead atoms. The van der Waals surface area contributed by atoms with Crippen molar-refractivity contribution in [2.75, 3.05) is 12.3 Å². The predicted octanol–water partition coefficient (Wildman–Crippen LogP) is 0.274. The Labute approximate surface area is 123 Å². The molecule has 1 heterocycles. The average molecular weight is 311 g/mol. The highest BCUT2D eigenvalue weighted by Gasteiger charge is 2.20. The van der Waals surface area contributed by atoms with Crippen molar-refractivity contribution >= 4 is 15.7 Å². The lowest BCUT2D eigenvalue weighted by atomic mass is 10.3. The standard InChI is InChI=1S/C12H17N5O3S/c1-3-20-10-5-4-9(13)6-11(10)21(18,19)15-7-12-16-14-8-17(12)2/h4-6,8,15H,3,7,13H2,1-2H3. The minimum Gasteiger partial charge on any atom is -0.492 e. The molecular weight excluding hydrogens is 294 g/mol. The van der Waals surface area contributed by atoms with Crippen molar-refractivity contribution in [3.63, 3.8) is 0 Å². The Morgan fingerprint density at radius 2 is 2.19 bits per heavy atom. The number of rotatable bonds is 6. The van der Waals surface area contributed by atoms with E-state index in [9.17, 15) is 8.42 Å². The Kier molecular flexibility index (Phi) is 4.43. The summed E-state index contributed by atoms with van der Waals surface area (Å²) in [5, 5.41) is 7.51. The zero-order chi connectivity index (χ0) is 15.5. The van der Waals surface area contributed by atoms with Gasteiger partial charge in [0.1, 0.15) is 22.8 Å². The molecule has 2 aromatic rings. The van der Waals surface area contributed by atoms with Crippen LogP contribution in [0, 0.1) is 0 Å². The van der Waals surface area contributed by atoms with Crippen LogP contribution in [-0.2, 0) is 23.6 Å². The van der Waals surface area contributed by atoms with E-state index in [4.69, 9.17) is 10.5 Å². The molecule has 9 heteroatoms. The zero-order valence-corrected chi connectivity index (χ0v) is 12.6. The fourth-order valence-electron chi connectivity index (χ4n) is 1.71. The molecule has 8 nitrogen and oxygen atoms in total. The number of aromatic nitrogens is 3. The molecule has 2 rings (SSSR count). The SMILES string of the molecule is CCOc1ccc(N)cc1S(=O)(=O)NCc1nncn1C. The Bertz CT molecular complexity index is 726. The fourth-order valence-corrected chi connectivity index (χ4v) is 2.87. The van der Waals surface area contributed by atoms with Crippen LogP contribution in [0.4, 0.5) is 5.69 Å². The summed E-state index contributed by atoms with van der Waals surface area (Å²) >= 11 is 0. The van der Waals surface area contributed by atoms with Crippen LogP contribution in [0.2, 0.25) is 0 Å². The van der Waals surface area contributed by atoms with Crippen LogP contribution in [0.25, 0.3) is 0 Å². The van der Waals surface area contributed by atoms with Crippen LogP contribution in [0.3, 0.4) is 0 Å². The Morgan fingerprint density at radius 1 is 1.43 bits per heavy atom. The first-order valence-electron chi connectivity index (χ1n) is 6.29. The third-order valence-corrected chi connectivity index (χ3v) is 4.21. The number of sulfonamides is 1. The smallest absolute Gasteiger partial charge is 0.244 e. The quantitative estimate of drug-likeness (QED) is 0.741. The van der Waals surface area contributed by atoms with Gasteiger partial charge >= 0.3 is 0 Å². The summed E-state index contributed by atoms with van der Waals surface area (Å²) in [6.45, 7) is 2.16. The van der Waals surface area contributed by atoms with E-state index >= 15 is 0 Å². The van der Waals surface area contributed by atoms with Crippen LogP contribution in [0.1, 0.15) is 12.7 Å². The molecule has 0 aliphatic rings. The first-order chi connectivity index (χ1) is 9.94. The fraction of sp³-hybridized carbons (Fsp3) is 0.333. The number of hydrogen-bond acceptors (Lipinski definition) is 6. The van der Waals surface area contributed by atoms with Crippen molar-refractivity contribution in [2.24, 2.45) is 7.05 Å². The minimum atomic E-state index is -3.76. The molecule has 0 saturated heterocycles. The highest BCUT2D eigenvalue weighted by atomic mass is 32.2. The van der Waals surface area contributed by atoms with Gasteiger partial charge in [0, 0.05) is 12.7 Å². The molecule has 1 aromatic carbocycles. The van der Waals surface area contributed by atoms with E-state index in [2.05, 4.69) is 14.9 Å². The highest BCUT2D eigenvalue weighted by Crippen LogP contribution is 2.26. The summed E-state index contributed by atoms with van der Waals surface area (Å²) in [7, 11) is -2.03. The monoisotopic (exact) mass is 311 g/mol. The van der Waals surface area contributed by atoms with Crippen LogP contribution in [-0.4, -0.2) is 29.8 Å². The maximum atomic E-state index is 12.4. The number of nitrogens with two attached hydrogens (primary N) is 1. The third-order valence-electron chi connectivity index (χ3n) is 2.78. The maximum Gasteiger partial charge on any atom is 0.244 e. The summed E-state index contributed by atoms with van der Waals surface area (Å²) < 4.78 is 34.2. The second kappa shape index (κ2) is 6.10. The average Bonchev–Trinajstić information content (AvgIpc) is 2.84. The van der Waals surface area contributed by atoms with Gasteiger partial charge in [0.2, 0.25) is 10.0 Å². The van der Waals surface area contributed by atoms with Crippen molar-refractivity contribution in [1.29, 1.82) is 0 Å². The van der Waals surface area contributed by atoms with Gasteiger partial charge in [-0.25, -0.2) is 13.1 Å². The van der Waals surface area contributed by atoms with E-state index in [1.165, 1.54) is 18.5 Å². The lowest BCUT2D eigenvalue weighted by Gasteiger charge is -2.12. The number of aryl methyl sites for hydroxylation is 1. The first kappa shape index (κ1) is 15.3. The first-order valence-corrected chi connectivity index (χ1v) is 7.77. The van der Waals surface area contributed by atoms with Crippen LogP contribution in [0.15, 0.2) is 29.4 Å². The molecule has 0 unspecified atom stereocenters. The third kappa shape index (κ3) is 3.50. The molecule has 0 aliphatic carbocycles. The number of anilines is 1. The molecule has 0 saturated carbocycles. The Balaban J connectivity index is 2.26. The minimum absolute atomic E-state index is 0.00604. The van der Waals surface area contributed by atoms with E-state index in [1.54, 1.807) is 24.6 Å². The van der Waals surface area contributed by atoms with Gasteiger partial charge in [-0.2, -0.15) is 0 Å². The Hall–Kier alpha value is -2.13. The van der Waals surface area contributed by atoms with Crippen LogP contribution < -0.4 is 15.2 Å². The van der Waals surface area contributed by atoms with E-state index in [0.29, 0.717) is 18.1 Å². The number of benzene rings is 1. The van der Waals surface area contributed by atoms with E-state index in [0.717, 1.165) is 0 Å².